The number of benzene rings is 1. The van der Waals surface area contributed by atoms with Gasteiger partial charge in [-0.05, 0) is 44.0 Å². The van der Waals surface area contributed by atoms with Crippen molar-refractivity contribution in [2.24, 2.45) is 5.41 Å². The van der Waals surface area contributed by atoms with E-state index in [0.29, 0.717) is 5.41 Å². The largest absolute Gasteiger partial charge is 0.494 e. The zero-order valence-corrected chi connectivity index (χ0v) is 11.1. The summed E-state index contributed by atoms with van der Waals surface area (Å²) in [4.78, 5) is 2.53. The Bertz CT molecular complexity index is 397. The van der Waals surface area contributed by atoms with Gasteiger partial charge in [0.05, 0.1) is 6.61 Å². The van der Waals surface area contributed by atoms with Crippen molar-refractivity contribution in [3.63, 3.8) is 0 Å². The molecule has 2 saturated heterocycles. The summed E-state index contributed by atoms with van der Waals surface area (Å²) in [6, 6.07) is 8.55. The molecule has 2 fully saturated rings. The predicted molar refractivity (Wildman–Crippen MR) is 74.4 cm³/mol. The van der Waals surface area contributed by atoms with E-state index in [1.165, 1.54) is 44.7 Å². The number of nitrogens with one attached hydrogen (secondary N) is 1. The highest BCUT2D eigenvalue weighted by Crippen LogP contribution is 2.35. The minimum atomic E-state index is 0.552. The van der Waals surface area contributed by atoms with Crippen molar-refractivity contribution in [3.8, 4) is 5.75 Å². The highest BCUT2D eigenvalue weighted by atomic mass is 16.5. The van der Waals surface area contributed by atoms with Crippen LogP contribution in [0.2, 0.25) is 0 Å². The summed E-state index contributed by atoms with van der Waals surface area (Å²) in [7, 11) is 0. The van der Waals surface area contributed by atoms with Gasteiger partial charge < -0.3 is 15.0 Å². The number of piperidine rings is 1. The van der Waals surface area contributed by atoms with Crippen LogP contribution in [0, 0.1) is 5.41 Å². The number of hydrogen-bond acceptors (Lipinski definition) is 3. The fraction of sp³-hybridized carbons (Fsp3) is 0.600. The molecule has 0 amide bonds. The Morgan fingerprint density at radius 3 is 2.67 bits per heavy atom. The van der Waals surface area contributed by atoms with E-state index < -0.39 is 0 Å². The van der Waals surface area contributed by atoms with E-state index in [4.69, 9.17) is 4.74 Å². The number of nitrogens with zero attached hydrogens (tertiary/aromatic N) is 1. The van der Waals surface area contributed by atoms with Crippen LogP contribution in [-0.2, 0) is 0 Å². The molecule has 2 aliphatic heterocycles. The average molecular weight is 246 g/mol. The van der Waals surface area contributed by atoms with Crippen LogP contribution in [-0.4, -0.2) is 32.8 Å². The van der Waals surface area contributed by atoms with E-state index in [9.17, 15) is 0 Å². The van der Waals surface area contributed by atoms with Crippen molar-refractivity contribution < 1.29 is 4.74 Å². The summed E-state index contributed by atoms with van der Waals surface area (Å²) in [5, 5.41) is 3.42. The second-order valence-electron chi connectivity index (χ2n) is 5.56. The molecule has 2 aliphatic rings. The van der Waals surface area contributed by atoms with Crippen LogP contribution in [0.4, 0.5) is 5.69 Å². The van der Waals surface area contributed by atoms with Gasteiger partial charge in [-0.15, -0.1) is 0 Å². The second-order valence-corrected chi connectivity index (χ2v) is 5.56. The molecule has 1 aromatic carbocycles. The van der Waals surface area contributed by atoms with E-state index in [0.717, 1.165) is 12.4 Å². The molecule has 0 atom stereocenters. The minimum absolute atomic E-state index is 0.552. The molecule has 1 aromatic rings. The van der Waals surface area contributed by atoms with Gasteiger partial charge in [-0.25, -0.2) is 0 Å². The van der Waals surface area contributed by atoms with Crippen LogP contribution in [0.1, 0.15) is 19.8 Å². The van der Waals surface area contributed by atoms with Crippen LogP contribution in [0.5, 0.6) is 5.75 Å². The van der Waals surface area contributed by atoms with Gasteiger partial charge in [0, 0.05) is 37.3 Å². The Balaban J connectivity index is 1.69. The van der Waals surface area contributed by atoms with E-state index in [1.807, 2.05) is 6.92 Å². The molecule has 1 spiro atoms. The van der Waals surface area contributed by atoms with Crippen molar-refractivity contribution >= 4 is 5.69 Å². The number of ether oxygens (including phenoxy) is 1. The highest BCUT2D eigenvalue weighted by Gasteiger charge is 2.40. The first-order valence-corrected chi connectivity index (χ1v) is 7.00. The van der Waals surface area contributed by atoms with Crippen LogP contribution < -0.4 is 15.0 Å². The van der Waals surface area contributed by atoms with Crippen LogP contribution in [0.3, 0.4) is 0 Å². The molecule has 1 N–H and O–H groups in total. The van der Waals surface area contributed by atoms with Gasteiger partial charge in [-0.3, -0.25) is 0 Å². The van der Waals surface area contributed by atoms with Crippen molar-refractivity contribution in [2.45, 2.75) is 19.8 Å². The van der Waals surface area contributed by atoms with Gasteiger partial charge in [0.1, 0.15) is 5.75 Å². The van der Waals surface area contributed by atoms with Gasteiger partial charge in [-0.2, -0.15) is 0 Å². The number of rotatable bonds is 3. The number of anilines is 1. The number of hydrogen-bond donors (Lipinski definition) is 1. The third-order valence-corrected chi connectivity index (χ3v) is 4.17. The SMILES string of the molecule is CCOc1ccc(N2CCCC3(CNC3)C2)cc1. The van der Waals surface area contributed by atoms with E-state index in [-0.39, 0.29) is 0 Å². The smallest absolute Gasteiger partial charge is 0.119 e. The molecule has 18 heavy (non-hydrogen) atoms. The zero-order valence-electron chi connectivity index (χ0n) is 11.1. The molecule has 0 saturated carbocycles. The summed E-state index contributed by atoms with van der Waals surface area (Å²) in [5.74, 6) is 0.971. The van der Waals surface area contributed by atoms with E-state index in [1.54, 1.807) is 0 Å². The summed E-state index contributed by atoms with van der Waals surface area (Å²) in [6.07, 6.45) is 2.70. The van der Waals surface area contributed by atoms with E-state index in [2.05, 4.69) is 34.5 Å². The molecule has 3 rings (SSSR count). The monoisotopic (exact) mass is 246 g/mol. The molecule has 2 heterocycles. The highest BCUT2D eigenvalue weighted by molar-refractivity contribution is 5.50. The third kappa shape index (κ3) is 2.19. The molecule has 0 aromatic heterocycles. The molecule has 98 valence electrons. The lowest BCUT2D eigenvalue weighted by Crippen LogP contribution is -2.61. The molecule has 0 radical (unpaired) electrons. The topological polar surface area (TPSA) is 24.5 Å². The van der Waals surface area contributed by atoms with Crippen LogP contribution >= 0.6 is 0 Å². The van der Waals surface area contributed by atoms with Gasteiger partial charge >= 0.3 is 0 Å². The predicted octanol–water partition coefficient (Wildman–Crippen LogP) is 2.28. The minimum Gasteiger partial charge on any atom is -0.494 e. The first-order valence-electron chi connectivity index (χ1n) is 7.00. The molecule has 0 bridgehead atoms. The fourth-order valence-corrected chi connectivity index (χ4v) is 3.12. The molecule has 3 nitrogen and oxygen atoms in total. The molecular formula is C15H22N2O. The lowest BCUT2D eigenvalue weighted by molar-refractivity contribution is 0.138. The molecule has 3 heteroatoms. The zero-order chi connectivity index (χ0) is 12.4. The summed E-state index contributed by atoms with van der Waals surface area (Å²) < 4.78 is 5.49. The summed E-state index contributed by atoms with van der Waals surface area (Å²) in [5.41, 5.74) is 1.89. The van der Waals surface area contributed by atoms with Crippen molar-refractivity contribution in [1.29, 1.82) is 0 Å². The summed E-state index contributed by atoms with van der Waals surface area (Å²) >= 11 is 0. The van der Waals surface area contributed by atoms with Gasteiger partial charge in [0.2, 0.25) is 0 Å². The summed E-state index contributed by atoms with van der Waals surface area (Å²) in [6.45, 7) is 7.54. The Morgan fingerprint density at radius 2 is 2.06 bits per heavy atom. The van der Waals surface area contributed by atoms with Crippen molar-refractivity contribution in [3.05, 3.63) is 24.3 Å². The average Bonchev–Trinajstić information content (AvgIpc) is 2.38. The molecule has 0 unspecified atom stereocenters. The first kappa shape index (κ1) is 11.8. The van der Waals surface area contributed by atoms with Crippen LogP contribution in [0.25, 0.3) is 0 Å². The maximum absolute atomic E-state index is 5.49. The lowest BCUT2D eigenvalue weighted by Gasteiger charge is -2.50. The molecular weight excluding hydrogens is 224 g/mol. The fourth-order valence-electron chi connectivity index (χ4n) is 3.12. The van der Waals surface area contributed by atoms with Gasteiger partial charge in [-0.1, -0.05) is 0 Å². The van der Waals surface area contributed by atoms with Gasteiger partial charge in [0.15, 0.2) is 0 Å². The maximum Gasteiger partial charge on any atom is 0.119 e. The lowest BCUT2D eigenvalue weighted by atomic mass is 9.75. The first-order chi connectivity index (χ1) is 8.81. The Labute approximate surface area is 109 Å². The maximum atomic E-state index is 5.49. The quantitative estimate of drug-likeness (QED) is 0.885. The van der Waals surface area contributed by atoms with E-state index >= 15 is 0 Å². The normalized spacial score (nSPS) is 21.7. The Morgan fingerprint density at radius 1 is 1.28 bits per heavy atom. The molecule has 0 aliphatic carbocycles. The second kappa shape index (κ2) is 4.81. The Kier molecular flexibility index (Phi) is 3.16. The Hall–Kier alpha value is -1.22. The van der Waals surface area contributed by atoms with Crippen LogP contribution in [0.15, 0.2) is 24.3 Å². The van der Waals surface area contributed by atoms with Crippen molar-refractivity contribution in [1.82, 2.24) is 5.32 Å². The standard InChI is InChI=1S/C15H22N2O/c1-2-18-14-6-4-13(5-7-14)17-9-3-8-15(12-17)10-16-11-15/h4-7,16H,2-3,8-12H2,1H3. The van der Waals surface area contributed by atoms with Crippen molar-refractivity contribution in [2.75, 3.05) is 37.7 Å². The third-order valence-electron chi connectivity index (χ3n) is 4.17. The van der Waals surface area contributed by atoms with Gasteiger partial charge in [0.25, 0.3) is 0 Å².